The fourth-order valence-electron chi connectivity index (χ4n) is 1.01. The van der Waals surface area contributed by atoms with Crippen LogP contribution in [-0.2, 0) is 9.53 Å². The van der Waals surface area contributed by atoms with Crippen LogP contribution in [0.5, 0.6) is 0 Å². The number of carbonyl (C=O) groups excluding carboxylic acids is 1. The molecule has 1 unspecified atom stereocenters. The second kappa shape index (κ2) is 5.95. The molecule has 0 amide bonds. The minimum Gasteiger partial charge on any atom is -0.374 e. The normalized spacial score (nSPS) is 12.6. The molecule has 0 saturated heterocycles. The van der Waals surface area contributed by atoms with E-state index in [1.54, 1.807) is 7.11 Å². The number of Topliss-reactive ketones (excluding diaryl/α,β-unsaturated/α-hetero) is 1. The van der Waals surface area contributed by atoms with Crippen molar-refractivity contribution in [2.45, 2.75) is 39.2 Å². The number of hydrogen-bond donors (Lipinski definition) is 0. The Hall–Kier alpha value is -0.630. The van der Waals surface area contributed by atoms with Gasteiger partial charge in [-0.25, -0.2) is 0 Å². The van der Waals surface area contributed by atoms with Gasteiger partial charge in [-0.05, 0) is 12.8 Å². The van der Waals surface area contributed by atoms with Crippen molar-refractivity contribution in [3.63, 3.8) is 0 Å². The van der Waals surface area contributed by atoms with Crippen molar-refractivity contribution < 1.29 is 9.53 Å². The van der Waals surface area contributed by atoms with Crippen LogP contribution in [-0.4, -0.2) is 19.0 Å². The highest BCUT2D eigenvalue weighted by Gasteiger charge is 2.15. The molecule has 2 heteroatoms. The molecule has 2 nitrogen and oxygen atoms in total. The summed E-state index contributed by atoms with van der Waals surface area (Å²) in [4.78, 5) is 11.4. The van der Waals surface area contributed by atoms with E-state index < -0.39 is 0 Å². The molecule has 0 bridgehead atoms. The Kier molecular flexibility index (Phi) is 5.64. The van der Waals surface area contributed by atoms with Crippen molar-refractivity contribution in [1.29, 1.82) is 0 Å². The van der Waals surface area contributed by atoms with Gasteiger partial charge in [0.2, 0.25) is 0 Å². The summed E-state index contributed by atoms with van der Waals surface area (Å²) in [5.74, 6) is 0.145. The van der Waals surface area contributed by atoms with Crippen LogP contribution in [0.15, 0.2) is 12.2 Å². The largest absolute Gasteiger partial charge is 0.374 e. The Balaban J connectivity index is 3.92. The standard InChI is InChI=1S/C10H18O2/c1-5-8(3)7-9(11)10(6-2)12-4/h10H,3,5-7H2,1-2,4H3. The van der Waals surface area contributed by atoms with Gasteiger partial charge in [-0.2, -0.15) is 0 Å². The van der Waals surface area contributed by atoms with E-state index in [4.69, 9.17) is 4.74 Å². The first kappa shape index (κ1) is 11.4. The number of methoxy groups -OCH3 is 1. The van der Waals surface area contributed by atoms with Crippen molar-refractivity contribution in [2.75, 3.05) is 7.11 Å². The number of ketones is 1. The summed E-state index contributed by atoms with van der Waals surface area (Å²) in [5.41, 5.74) is 0.982. The van der Waals surface area contributed by atoms with Gasteiger partial charge in [0.15, 0.2) is 5.78 Å². The van der Waals surface area contributed by atoms with Crippen LogP contribution in [0.4, 0.5) is 0 Å². The predicted octanol–water partition coefficient (Wildman–Crippen LogP) is 2.34. The highest BCUT2D eigenvalue weighted by molar-refractivity contribution is 5.85. The molecule has 0 heterocycles. The third kappa shape index (κ3) is 3.67. The fourth-order valence-corrected chi connectivity index (χ4v) is 1.01. The van der Waals surface area contributed by atoms with Crippen molar-refractivity contribution in [3.05, 3.63) is 12.2 Å². The zero-order valence-corrected chi connectivity index (χ0v) is 8.22. The van der Waals surface area contributed by atoms with Crippen molar-refractivity contribution in [1.82, 2.24) is 0 Å². The summed E-state index contributed by atoms with van der Waals surface area (Å²) in [6.45, 7) is 7.74. The molecule has 0 radical (unpaired) electrons. The molecule has 0 aromatic heterocycles. The van der Waals surface area contributed by atoms with Crippen LogP contribution in [0.2, 0.25) is 0 Å². The first-order valence-corrected chi connectivity index (χ1v) is 4.37. The van der Waals surface area contributed by atoms with E-state index in [1.165, 1.54) is 0 Å². The van der Waals surface area contributed by atoms with Crippen LogP contribution in [0.25, 0.3) is 0 Å². The van der Waals surface area contributed by atoms with Crippen LogP contribution >= 0.6 is 0 Å². The van der Waals surface area contributed by atoms with E-state index in [-0.39, 0.29) is 11.9 Å². The Labute approximate surface area is 74.6 Å². The molecule has 0 fully saturated rings. The van der Waals surface area contributed by atoms with Crippen LogP contribution in [0.3, 0.4) is 0 Å². The monoisotopic (exact) mass is 170 g/mol. The SMILES string of the molecule is C=C(CC)CC(=O)C(CC)OC. The smallest absolute Gasteiger partial charge is 0.165 e. The summed E-state index contributed by atoms with van der Waals surface area (Å²) in [6.07, 6.45) is 1.83. The maximum absolute atomic E-state index is 11.4. The second-order valence-corrected chi connectivity index (χ2v) is 2.88. The molecular weight excluding hydrogens is 152 g/mol. The minimum atomic E-state index is -0.242. The third-order valence-electron chi connectivity index (χ3n) is 1.94. The molecule has 70 valence electrons. The molecule has 0 aliphatic rings. The van der Waals surface area contributed by atoms with Crippen molar-refractivity contribution in [2.24, 2.45) is 0 Å². The molecule has 0 aromatic rings. The first-order chi connectivity index (χ1) is 5.65. The van der Waals surface area contributed by atoms with E-state index in [0.717, 1.165) is 18.4 Å². The van der Waals surface area contributed by atoms with Crippen molar-refractivity contribution >= 4 is 5.78 Å². The number of allylic oxidation sites excluding steroid dienone is 1. The Morgan fingerprint density at radius 3 is 2.42 bits per heavy atom. The summed E-state index contributed by atoms with van der Waals surface area (Å²) >= 11 is 0. The molecule has 1 atom stereocenters. The third-order valence-corrected chi connectivity index (χ3v) is 1.94. The minimum absolute atomic E-state index is 0.145. The highest BCUT2D eigenvalue weighted by Crippen LogP contribution is 2.08. The zero-order valence-electron chi connectivity index (χ0n) is 8.22. The van der Waals surface area contributed by atoms with Crippen LogP contribution in [0, 0.1) is 0 Å². The lowest BCUT2D eigenvalue weighted by molar-refractivity contribution is -0.128. The predicted molar refractivity (Wildman–Crippen MR) is 50.1 cm³/mol. The quantitative estimate of drug-likeness (QED) is 0.572. The summed E-state index contributed by atoms with van der Waals surface area (Å²) in [6, 6.07) is 0. The van der Waals surface area contributed by atoms with E-state index in [0.29, 0.717) is 6.42 Å². The molecule has 0 rings (SSSR count). The topological polar surface area (TPSA) is 26.3 Å². The molecule has 0 aliphatic carbocycles. The average molecular weight is 170 g/mol. The average Bonchev–Trinajstić information content (AvgIpc) is 2.06. The van der Waals surface area contributed by atoms with Crippen LogP contribution in [0.1, 0.15) is 33.1 Å². The van der Waals surface area contributed by atoms with Gasteiger partial charge in [0.05, 0.1) is 0 Å². The molecule has 12 heavy (non-hydrogen) atoms. The molecule has 0 aliphatic heterocycles. The maximum Gasteiger partial charge on any atom is 0.165 e. The molecule has 0 aromatic carbocycles. The summed E-state index contributed by atoms with van der Waals surface area (Å²) in [7, 11) is 1.57. The molecule has 0 spiro atoms. The van der Waals surface area contributed by atoms with Crippen LogP contribution < -0.4 is 0 Å². The second-order valence-electron chi connectivity index (χ2n) is 2.88. The summed E-state index contributed by atoms with van der Waals surface area (Å²) < 4.78 is 5.02. The Morgan fingerprint density at radius 2 is 2.08 bits per heavy atom. The lowest BCUT2D eigenvalue weighted by Gasteiger charge is -2.11. The maximum atomic E-state index is 11.4. The highest BCUT2D eigenvalue weighted by atomic mass is 16.5. The van der Waals surface area contributed by atoms with E-state index in [9.17, 15) is 4.79 Å². The Morgan fingerprint density at radius 1 is 1.50 bits per heavy atom. The number of carbonyl (C=O) groups is 1. The van der Waals surface area contributed by atoms with Gasteiger partial charge in [0, 0.05) is 13.5 Å². The number of hydrogen-bond acceptors (Lipinski definition) is 2. The lowest BCUT2D eigenvalue weighted by atomic mass is 10.0. The van der Waals surface area contributed by atoms with Crippen molar-refractivity contribution in [3.8, 4) is 0 Å². The van der Waals surface area contributed by atoms with E-state index in [2.05, 4.69) is 6.58 Å². The number of ether oxygens (including phenoxy) is 1. The zero-order chi connectivity index (χ0) is 9.56. The lowest BCUT2D eigenvalue weighted by Crippen LogP contribution is -2.22. The number of rotatable bonds is 6. The van der Waals surface area contributed by atoms with Gasteiger partial charge in [0.1, 0.15) is 6.10 Å². The summed E-state index contributed by atoms with van der Waals surface area (Å²) in [5, 5.41) is 0. The molecule has 0 saturated carbocycles. The first-order valence-electron chi connectivity index (χ1n) is 4.37. The van der Waals surface area contributed by atoms with E-state index >= 15 is 0 Å². The van der Waals surface area contributed by atoms with Gasteiger partial charge in [-0.3, -0.25) is 4.79 Å². The van der Waals surface area contributed by atoms with Gasteiger partial charge in [-0.15, -0.1) is 0 Å². The Bertz CT molecular complexity index is 157. The van der Waals surface area contributed by atoms with E-state index in [1.807, 2.05) is 13.8 Å². The van der Waals surface area contributed by atoms with Gasteiger partial charge < -0.3 is 4.74 Å². The van der Waals surface area contributed by atoms with Gasteiger partial charge in [0.25, 0.3) is 0 Å². The van der Waals surface area contributed by atoms with Gasteiger partial charge >= 0.3 is 0 Å². The van der Waals surface area contributed by atoms with Gasteiger partial charge in [-0.1, -0.05) is 26.0 Å². The molecular formula is C10H18O2. The fraction of sp³-hybridized carbons (Fsp3) is 0.700. The molecule has 0 N–H and O–H groups in total.